The number of Topliss-reactive ketones (excluding diaryl/α,β-unsaturated/α-hetero) is 1. The number of fused-ring (bicyclic) bond motifs is 5. The molecule has 6 atom stereocenters. The zero-order chi connectivity index (χ0) is 22.8. The van der Waals surface area contributed by atoms with Gasteiger partial charge in [-0.05, 0) is 95.0 Å². The zero-order valence-corrected chi connectivity index (χ0v) is 20.3. The van der Waals surface area contributed by atoms with Crippen LogP contribution >= 0.6 is 0 Å². The second-order valence-electron chi connectivity index (χ2n) is 12.2. The fourth-order valence-electron chi connectivity index (χ4n) is 7.84. The minimum Gasteiger partial charge on any atom is -0.450 e. The lowest BCUT2D eigenvalue weighted by Crippen LogP contribution is -2.59. The Morgan fingerprint density at radius 3 is 2.35 bits per heavy atom. The minimum atomic E-state index is -0.985. The van der Waals surface area contributed by atoms with Crippen LogP contribution in [0.25, 0.3) is 0 Å². The first-order valence-electron chi connectivity index (χ1n) is 12.4. The first-order valence-corrected chi connectivity index (χ1v) is 12.4. The molecule has 0 spiro atoms. The van der Waals surface area contributed by atoms with E-state index in [1.807, 2.05) is 33.8 Å². The quantitative estimate of drug-likeness (QED) is 0.531. The molecule has 0 radical (unpaired) electrons. The molecule has 0 aromatic rings. The highest BCUT2D eigenvalue weighted by Crippen LogP contribution is 2.68. The van der Waals surface area contributed by atoms with Crippen molar-refractivity contribution in [3.8, 4) is 0 Å². The molecule has 4 nitrogen and oxygen atoms in total. The van der Waals surface area contributed by atoms with Crippen LogP contribution in [0, 0.1) is 34.0 Å². The predicted molar refractivity (Wildman–Crippen MR) is 120 cm³/mol. The van der Waals surface area contributed by atoms with E-state index in [-0.39, 0.29) is 28.4 Å². The molecule has 4 aliphatic rings. The van der Waals surface area contributed by atoms with Crippen molar-refractivity contribution in [1.29, 1.82) is 0 Å². The van der Waals surface area contributed by atoms with Crippen LogP contribution in [-0.4, -0.2) is 23.1 Å². The SMILES string of the molecule is CCC(=O)[C@@]1(OC(=O)C(C)(C)C)CC[C@H]2[C@@H]3CCC4=CC(=O)CC[C@]4(C)[C@H]3CC[C@@]21C. The molecule has 31 heavy (non-hydrogen) atoms. The fourth-order valence-corrected chi connectivity index (χ4v) is 7.84. The monoisotopic (exact) mass is 428 g/mol. The second kappa shape index (κ2) is 7.28. The summed E-state index contributed by atoms with van der Waals surface area (Å²) in [4.78, 5) is 38.5. The molecule has 4 aliphatic carbocycles. The number of allylic oxidation sites excluding steroid dienone is 1. The van der Waals surface area contributed by atoms with Gasteiger partial charge in [0.2, 0.25) is 0 Å². The maximum atomic E-state index is 13.4. The summed E-state index contributed by atoms with van der Waals surface area (Å²) in [7, 11) is 0. The van der Waals surface area contributed by atoms with Crippen molar-refractivity contribution in [2.45, 2.75) is 105 Å². The standard InChI is InChI=1S/C27H40O4/c1-7-22(29)27(31-23(30)24(2,3)4)15-12-21-19-9-8-17-16-18(28)10-13-25(17,5)20(19)11-14-26(21,27)6/h16,19-21H,7-15H2,1-6H3/t19-,20+,21+,25+,26+,27+/m1/s1. The maximum absolute atomic E-state index is 13.4. The number of rotatable bonds is 3. The molecule has 0 aliphatic heterocycles. The van der Waals surface area contributed by atoms with Crippen LogP contribution < -0.4 is 0 Å². The largest absolute Gasteiger partial charge is 0.450 e. The van der Waals surface area contributed by atoms with Gasteiger partial charge >= 0.3 is 5.97 Å². The van der Waals surface area contributed by atoms with Crippen LogP contribution in [0.3, 0.4) is 0 Å². The van der Waals surface area contributed by atoms with Crippen LogP contribution in [0.4, 0.5) is 0 Å². The number of hydrogen-bond donors (Lipinski definition) is 0. The summed E-state index contributed by atoms with van der Waals surface area (Å²) in [5, 5.41) is 0. The van der Waals surface area contributed by atoms with E-state index in [0.29, 0.717) is 37.0 Å². The van der Waals surface area contributed by atoms with E-state index in [1.54, 1.807) is 0 Å². The first kappa shape index (κ1) is 22.7. The van der Waals surface area contributed by atoms with Crippen molar-refractivity contribution in [3.63, 3.8) is 0 Å². The molecule has 4 rings (SSSR count). The predicted octanol–water partition coefficient (Wildman–Crippen LogP) is 5.83. The number of ketones is 2. The van der Waals surface area contributed by atoms with Crippen molar-refractivity contribution >= 4 is 17.5 Å². The number of hydrogen-bond acceptors (Lipinski definition) is 4. The molecule has 3 saturated carbocycles. The molecule has 0 saturated heterocycles. The number of carbonyl (C=O) groups excluding carboxylic acids is 3. The van der Waals surface area contributed by atoms with E-state index in [4.69, 9.17) is 4.74 Å². The van der Waals surface area contributed by atoms with Crippen LogP contribution in [0.2, 0.25) is 0 Å². The van der Waals surface area contributed by atoms with Gasteiger partial charge in [0.15, 0.2) is 17.2 Å². The molecule has 0 aromatic heterocycles. The average molecular weight is 429 g/mol. The Labute approximate surface area is 187 Å². The third-order valence-corrected chi connectivity index (χ3v) is 9.73. The molecule has 0 amide bonds. The molecular weight excluding hydrogens is 388 g/mol. The molecular formula is C27H40O4. The minimum absolute atomic E-state index is 0.0967. The van der Waals surface area contributed by atoms with E-state index in [1.165, 1.54) is 5.57 Å². The zero-order valence-electron chi connectivity index (χ0n) is 20.3. The smallest absolute Gasteiger partial charge is 0.312 e. The number of carbonyl (C=O) groups is 3. The molecule has 0 aromatic carbocycles. The lowest BCUT2D eigenvalue weighted by molar-refractivity contribution is -0.196. The summed E-state index contributed by atoms with van der Waals surface area (Å²) in [5.74, 6) is 1.61. The molecule has 172 valence electrons. The third-order valence-electron chi connectivity index (χ3n) is 9.73. The van der Waals surface area contributed by atoms with Crippen molar-refractivity contribution < 1.29 is 19.1 Å². The van der Waals surface area contributed by atoms with Crippen molar-refractivity contribution in [2.75, 3.05) is 0 Å². The Morgan fingerprint density at radius 1 is 1.03 bits per heavy atom. The summed E-state index contributed by atoms with van der Waals surface area (Å²) >= 11 is 0. The number of esters is 1. The van der Waals surface area contributed by atoms with Gasteiger partial charge in [-0.15, -0.1) is 0 Å². The highest BCUT2D eigenvalue weighted by molar-refractivity contribution is 5.92. The van der Waals surface area contributed by atoms with E-state index < -0.39 is 11.0 Å². The van der Waals surface area contributed by atoms with Gasteiger partial charge < -0.3 is 4.74 Å². The van der Waals surface area contributed by atoms with E-state index in [2.05, 4.69) is 13.8 Å². The summed E-state index contributed by atoms with van der Waals surface area (Å²) in [6.07, 6.45) is 9.62. The number of ether oxygens (including phenoxy) is 1. The molecule has 0 N–H and O–H groups in total. The van der Waals surface area contributed by atoms with Crippen LogP contribution in [0.5, 0.6) is 0 Å². The molecule has 3 fully saturated rings. The van der Waals surface area contributed by atoms with Gasteiger partial charge in [0, 0.05) is 18.3 Å². The Hall–Kier alpha value is -1.45. The second-order valence-corrected chi connectivity index (χ2v) is 12.2. The van der Waals surface area contributed by atoms with Gasteiger partial charge in [-0.3, -0.25) is 14.4 Å². The van der Waals surface area contributed by atoms with E-state index in [0.717, 1.165) is 38.5 Å². The highest BCUT2D eigenvalue weighted by atomic mass is 16.6. The lowest BCUT2D eigenvalue weighted by atomic mass is 9.46. The summed E-state index contributed by atoms with van der Waals surface area (Å²) in [6, 6.07) is 0. The normalized spacial score (nSPS) is 42.2. The molecule has 0 heterocycles. The van der Waals surface area contributed by atoms with Gasteiger partial charge in [-0.25, -0.2) is 0 Å². The Balaban J connectivity index is 1.70. The fraction of sp³-hybridized carbons (Fsp3) is 0.815. The van der Waals surface area contributed by atoms with Gasteiger partial charge in [0.25, 0.3) is 0 Å². The summed E-state index contributed by atoms with van der Waals surface area (Å²) in [6.45, 7) is 12.1. The van der Waals surface area contributed by atoms with Crippen LogP contribution in [0.15, 0.2) is 11.6 Å². The lowest BCUT2D eigenvalue weighted by Gasteiger charge is -2.59. The van der Waals surface area contributed by atoms with Crippen LogP contribution in [-0.2, 0) is 19.1 Å². The first-order chi connectivity index (χ1) is 14.4. The topological polar surface area (TPSA) is 60.4 Å². The maximum Gasteiger partial charge on any atom is 0.312 e. The van der Waals surface area contributed by atoms with Crippen LogP contribution in [0.1, 0.15) is 99.3 Å². The van der Waals surface area contributed by atoms with Gasteiger partial charge in [-0.2, -0.15) is 0 Å². The Kier molecular flexibility index (Phi) is 5.34. The summed E-state index contributed by atoms with van der Waals surface area (Å²) in [5.41, 5.74) is -0.438. The average Bonchev–Trinajstić information content (AvgIpc) is 3.00. The van der Waals surface area contributed by atoms with Crippen molar-refractivity contribution in [2.24, 2.45) is 34.0 Å². The van der Waals surface area contributed by atoms with Gasteiger partial charge in [0.1, 0.15) is 0 Å². The summed E-state index contributed by atoms with van der Waals surface area (Å²) < 4.78 is 6.27. The van der Waals surface area contributed by atoms with Gasteiger partial charge in [-0.1, -0.05) is 26.3 Å². The third kappa shape index (κ3) is 3.18. The molecule has 4 heteroatoms. The van der Waals surface area contributed by atoms with E-state index >= 15 is 0 Å². The molecule has 0 bridgehead atoms. The van der Waals surface area contributed by atoms with Gasteiger partial charge in [0.05, 0.1) is 5.41 Å². The van der Waals surface area contributed by atoms with Crippen molar-refractivity contribution in [3.05, 3.63) is 11.6 Å². The Bertz CT molecular complexity index is 833. The highest BCUT2D eigenvalue weighted by Gasteiger charge is 2.68. The van der Waals surface area contributed by atoms with E-state index in [9.17, 15) is 14.4 Å². The Morgan fingerprint density at radius 2 is 1.71 bits per heavy atom. The van der Waals surface area contributed by atoms with Crippen molar-refractivity contribution in [1.82, 2.24) is 0 Å². The molecule has 0 unspecified atom stereocenters.